The van der Waals surface area contributed by atoms with Crippen molar-refractivity contribution in [3.05, 3.63) is 60.0 Å². The van der Waals surface area contributed by atoms with Crippen molar-refractivity contribution < 1.29 is 9.53 Å². The smallest absolute Gasteiger partial charge is 0.350 e. The number of hydrogen-bond acceptors (Lipinski definition) is 7. The van der Waals surface area contributed by atoms with Gasteiger partial charge in [0.05, 0.1) is 5.69 Å². The third-order valence-electron chi connectivity index (χ3n) is 3.67. The fourth-order valence-electron chi connectivity index (χ4n) is 2.33. The highest BCUT2D eigenvalue weighted by Gasteiger charge is 2.16. The molecule has 0 spiro atoms. The van der Waals surface area contributed by atoms with Crippen molar-refractivity contribution in [1.82, 2.24) is 25.2 Å². The molecule has 0 saturated heterocycles. The summed E-state index contributed by atoms with van der Waals surface area (Å²) in [5.41, 5.74) is 4.13. The molecule has 3 rings (SSSR count). The zero-order valence-electron chi connectivity index (χ0n) is 14.0. The van der Waals surface area contributed by atoms with Crippen molar-refractivity contribution in [2.45, 2.75) is 13.5 Å². The summed E-state index contributed by atoms with van der Waals surface area (Å²) >= 11 is 0. The Morgan fingerprint density at radius 1 is 1.27 bits per heavy atom. The van der Waals surface area contributed by atoms with Crippen molar-refractivity contribution in [3.63, 3.8) is 0 Å². The number of nitrogens with one attached hydrogen (secondary N) is 1. The molecule has 0 fully saturated rings. The van der Waals surface area contributed by atoms with Crippen LogP contribution in [-0.2, 0) is 6.61 Å². The Labute approximate surface area is 149 Å². The number of aromatic nitrogens is 4. The Balaban J connectivity index is 1.78. The van der Waals surface area contributed by atoms with Gasteiger partial charge in [-0.1, -0.05) is 12.1 Å². The molecule has 2 heterocycles. The molecular formula is C16H18N8O2. The molecule has 3 aromatic rings. The first-order valence-corrected chi connectivity index (χ1v) is 7.70. The molecule has 0 aliphatic rings. The van der Waals surface area contributed by atoms with Crippen LogP contribution < -0.4 is 26.9 Å². The van der Waals surface area contributed by atoms with E-state index in [4.69, 9.17) is 16.4 Å². The van der Waals surface area contributed by atoms with E-state index < -0.39 is 6.03 Å². The average molecular weight is 354 g/mol. The van der Waals surface area contributed by atoms with Gasteiger partial charge in [-0.3, -0.25) is 5.43 Å². The second-order valence-corrected chi connectivity index (χ2v) is 5.33. The Morgan fingerprint density at radius 3 is 2.77 bits per heavy atom. The summed E-state index contributed by atoms with van der Waals surface area (Å²) in [6, 6.07) is 8.17. The first-order chi connectivity index (χ1) is 12.6. The van der Waals surface area contributed by atoms with Crippen molar-refractivity contribution in [3.8, 4) is 11.8 Å². The highest BCUT2D eigenvalue weighted by Crippen LogP contribution is 2.24. The SMILES string of the molecule is Cc1cccc(N(N)C(=O)NN)c1COc1ccn(-c2ncccn2)n1. The normalized spacial score (nSPS) is 10.4. The number of rotatable bonds is 5. The van der Waals surface area contributed by atoms with Gasteiger partial charge in [-0.05, 0) is 24.6 Å². The van der Waals surface area contributed by atoms with E-state index in [9.17, 15) is 4.79 Å². The number of carbonyl (C=O) groups excluding carboxylic acids is 1. The zero-order valence-corrected chi connectivity index (χ0v) is 14.0. The van der Waals surface area contributed by atoms with Gasteiger partial charge in [-0.15, -0.1) is 5.10 Å². The number of amides is 2. The molecule has 0 radical (unpaired) electrons. The standard InChI is InChI=1S/C16H18N8O2/c1-11-4-2-5-13(24(18)16(25)21-17)12(11)10-26-14-6-9-23(22-14)15-19-7-3-8-20-15/h2-9H,10,17-18H2,1H3,(H,21,25). The number of nitrogens with two attached hydrogens (primary N) is 2. The minimum Gasteiger partial charge on any atom is -0.472 e. The number of nitrogens with zero attached hydrogens (tertiary/aromatic N) is 5. The number of anilines is 1. The van der Waals surface area contributed by atoms with Crippen LogP contribution in [0, 0.1) is 6.92 Å². The van der Waals surface area contributed by atoms with E-state index in [1.807, 2.05) is 18.4 Å². The Hall–Kier alpha value is -3.50. The number of hydrazine groups is 2. The van der Waals surface area contributed by atoms with Crippen LogP contribution in [0.25, 0.3) is 5.95 Å². The van der Waals surface area contributed by atoms with Crippen LogP contribution in [-0.4, -0.2) is 25.8 Å². The van der Waals surface area contributed by atoms with E-state index in [1.54, 1.807) is 42.9 Å². The minimum absolute atomic E-state index is 0.167. The second-order valence-electron chi connectivity index (χ2n) is 5.33. The number of ether oxygens (including phenoxy) is 1. The molecule has 0 saturated carbocycles. The van der Waals surface area contributed by atoms with E-state index in [1.165, 1.54) is 4.68 Å². The van der Waals surface area contributed by atoms with Crippen molar-refractivity contribution in [2.24, 2.45) is 11.7 Å². The lowest BCUT2D eigenvalue weighted by molar-refractivity contribution is 0.246. The summed E-state index contributed by atoms with van der Waals surface area (Å²) in [6.07, 6.45) is 4.95. The van der Waals surface area contributed by atoms with Crippen LogP contribution >= 0.6 is 0 Å². The Bertz CT molecular complexity index is 896. The van der Waals surface area contributed by atoms with Crippen LogP contribution in [0.2, 0.25) is 0 Å². The fraction of sp³-hybridized carbons (Fsp3) is 0.125. The lowest BCUT2D eigenvalue weighted by Gasteiger charge is -2.20. The molecule has 0 aliphatic carbocycles. The highest BCUT2D eigenvalue weighted by molar-refractivity contribution is 5.91. The van der Waals surface area contributed by atoms with Crippen molar-refractivity contribution in [2.75, 3.05) is 5.01 Å². The summed E-state index contributed by atoms with van der Waals surface area (Å²) in [7, 11) is 0. The molecule has 5 N–H and O–H groups in total. The first-order valence-electron chi connectivity index (χ1n) is 7.70. The number of hydrogen-bond donors (Lipinski definition) is 3. The van der Waals surface area contributed by atoms with Gasteiger partial charge in [0.15, 0.2) is 0 Å². The molecule has 2 amide bonds. The van der Waals surface area contributed by atoms with E-state index >= 15 is 0 Å². The third-order valence-corrected chi connectivity index (χ3v) is 3.67. The summed E-state index contributed by atoms with van der Waals surface area (Å²) < 4.78 is 7.25. The molecule has 10 nitrogen and oxygen atoms in total. The zero-order chi connectivity index (χ0) is 18.5. The predicted octanol–water partition coefficient (Wildman–Crippen LogP) is 0.813. The molecule has 1 aromatic carbocycles. The van der Waals surface area contributed by atoms with Gasteiger partial charge in [0.25, 0.3) is 5.95 Å². The van der Waals surface area contributed by atoms with Gasteiger partial charge in [0.1, 0.15) is 6.61 Å². The molecular weight excluding hydrogens is 336 g/mol. The van der Waals surface area contributed by atoms with Crippen molar-refractivity contribution in [1.29, 1.82) is 0 Å². The van der Waals surface area contributed by atoms with Crippen molar-refractivity contribution >= 4 is 11.7 Å². The molecule has 2 aromatic heterocycles. The maximum atomic E-state index is 11.7. The van der Waals surface area contributed by atoms with Gasteiger partial charge in [-0.2, -0.15) is 0 Å². The van der Waals surface area contributed by atoms with Gasteiger partial charge in [-0.25, -0.2) is 36.1 Å². The molecule has 26 heavy (non-hydrogen) atoms. The maximum Gasteiger partial charge on any atom is 0.350 e. The first kappa shape index (κ1) is 17.3. The summed E-state index contributed by atoms with van der Waals surface area (Å²) in [4.78, 5) is 19.9. The van der Waals surface area contributed by atoms with Crippen LogP contribution in [0.15, 0.2) is 48.9 Å². The minimum atomic E-state index is -0.637. The molecule has 0 unspecified atom stereocenters. The number of carbonyl (C=O) groups is 1. The molecule has 0 aliphatic heterocycles. The van der Waals surface area contributed by atoms with Gasteiger partial charge in [0, 0.05) is 30.2 Å². The molecule has 10 heteroatoms. The highest BCUT2D eigenvalue weighted by atomic mass is 16.5. The number of benzene rings is 1. The number of aryl methyl sites for hydroxylation is 1. The summed E-state index contributed by atoms with van der Waals surface area (Å²) in [5.74, 6) is 11.8. The van der Waals surface area contributed by atoms with E-state index in [2.05, 4.69) is 15.1 Å². The lowest BCUT2D eigenvalue weighted by Crippen LogP contribution is -2.48. The summed E-state index contributed by atoms with van der Waals surface area (Å²) in [5, 5.41) is 5.21. The second kappa shape index (κ2) is 7.59. The fourth-order valence-corrected chi connectivity index (χ4v) is 2.33. The average Bonchev–Trinajstić information content (AvgIpc) is 3.15. The predicted molar refractivity (Wildman–Crippen MR) is 94.1 cm³/mol. The monoisotopic (exact) mass is 354 g/mol. The van der Waals surface area contributed by atoms with Crippen LogP contribution in [0.1, 0.15) is 11.1 Å². The van der Waals surface area contributed by atoms with Gasteiger partial charge < -0.3 is 4.74 Å². The quantitative estimate of drug-likeness (QED) is 0.350. The Kier molecular flexibility index (Phi) is 5.06. The largest absolute Gasteiger partial charge is 0.472 e. The van der Waals surface area contributed by atoms with E-state index in [-0.39, 0.29) is 6.61 Å². The molecule has 0 atom stereocenters. The Morgan fingerprint density at radius 2 is 2.04 bits per heavy atom. The lowest BCUT2D eigenvalue weighted by atomic mass is 10.1. The van der Waals surface area contributed by atoms with Crippen LogP contribution in [0.3, 0.4) is 0 Å². The van der Waals surface area contributed by atoms with Crippen LogP contribution in [0.5, 0.6) is 5.88 Å². The topological polar surface area (TPSA) is 137 Å². The number of urea groups is 1. The maximum absolute atomic E-state index is 11.7. The summed E-state index contributed by atoms with van der Waals surface area (Å²) in [6.45, 7) is 2.06. The third kappa shape index (κ3) is 3.61. The van der Waals surface area contributed by atoms with Crippen LogP contribution in [0.4, 0.5) is 10.5 Å². The van der Waals surface area contributed by atoms with Gasteiger partial charge in [0.2, 0.25) is 5.88 Å². The molecule has 0 bridgehead atoms. The van der Waals surface area contributed by atoms with E-state index in [0.29, 0.717) is 17.5 Å². The van der Waals surface area contributed by atoms with E-state index in [0.717, 1.165) is 16.1 Å². The van der Waals surface area contributed by atoms with Gasteiger partial charge >= 0.3 is 6.03 Å². The molecule has 134 valence electrons.